The van der Waals surface area contributed by atoms with Crippen molar-refractivity contribution >= 4 is 17.9 Å². The molecule has 1 heterocycles. The SMILES string of the molecule is O=c1[nH]c(=S)[nH]nc1-c1cc(O)c(O)c([N+](=O)[O-])c1. The van der Waals surface area contributed by atoms with Crippen molar-refractivity contribution in [3.8, 4) is 22.8 Å². The van der Waals surface area contributed by atoms with Gasteiger partial charge >= 0.3 is 5.69 Å². The average molecular weight is 282 g/mol. The van der Waals surface area contributed by atoms with Gasteiger partial charge in [-0.15, -0.1) is 0 Å². The zero-order chi connectivity index (χ0) is 14.2. The minimum absolute atomic E-state index is 0.00810. The molecule has 0 radical (unpaired) electrons. The monoisotopic (exact) mass is 282 g/mol. The fourth-order valence-electron chi connectivity index (χ4n) is 1.42. The first kappa shape index (κ1) is 12.7. The van der Waals surface area contributed by atoms with Gasteiger partial charge in [0.05, 0.1) is 4.92 Å². The van der Waals surface area contributed by atoms with Gasteiger partial charge in [-0.1, -0.05) is 0 Å². The number of hydrogen-bond donors (Lipinski definition) is 4. The lowest BCUT2D eigenvalue weighted by Gasteiger charge is -2.03. The highest BCUT2D eigenvalue weighted by Crippen LogP contribution is 2.38. The number of H-pyrrole nitrogens is 2. The maximum absolute atomic E-state index is 11.6. The maximum atomic E-state index is 11.6. The predicted molar refractivity (Wildman–Crippen MR) is 65.5 cm³/mol. The Morgan fingerprint density at radius 3 is 2.63 bits per heavy atom. The standard InChI is InChI=1S/C9H6N4O5S/c14-5-2-3(1-4(7(5)15)13(17)18)6-8(16)10-9(19)12-11-6/h1-2,14-15H,(H2,10,12,16,19). The first-order valence-corrected chi connectivity index (χ1v) is 5.20. The van der Waals surface area contributed by atoms with Crippen molar-refractivity contribution in [1.82, 2.24) is 15.2 Å². The minimum atomic E-state index is -0.891. The van der Waals surface area contributed by atoms with Crippen LogP contribution in [0.15, 0.2) is 16.9 Å². The Kier molecular flexibility index (Phi) is 3.00. The Bertz CT molecular complexity index is 781. The van der Waals surface area contributed by atoms with E-state index in [-0.39, 0.29) is 16.0 Å². The van der Waals surface area contributed by atoms with Crippen molar-refractivity contribution in [1.29, 1.82) is 0 Å². The van der Waals surface area contributed by atoms with Crippen molar-refractivity contribution < 1.29 is 15.1 Å². The molecule has 0 saturated heterocycles. The van der Waals surface area contributed by atoms with Gasteiger partial charge in [0.1, 0.15) is 0 Å². The fraction of sp³-hybridized carbons (Fsp3) is 0. The van der Waals surface area contributed by atoms with Crippen LogP contribution in [0.25, 0.3) is 11.3 Å². The summed E-state index contributed by atoms with van der Waals surface area (Å²) < 4.78 is -0.00810. The second-order valence-corrected chi connectivity index (χ2v) is 3.88. The van der Waals surface area contributed by atoms with E-state index in [2.05, 4.69) is 27.4 Å². The molecule has 98 valence electrons. The number of nitro benzene ring substituents is 1. The molecule has 0 unspecified atom stereocenters. The molecule has 2 aromatic rings. The van der Waals surface area contributed by atoms with Crippen LogP contribution < -0.4 is 5.56 Å². The van der Waals surface area contributed by atoms with Gasteiger partial charge in [0.2, 0.25) is 5.75 Å². The van der Waals surface area contributed by atoms with E-state index in [0.29, 0.717) is 0 Å². The molecule has 0 aliphatic carbocycles. The molecule has 10 heteroatoms. The van der Waals surface area contributed by atoms with Gasteiger partial charge in [-0.3, -0.25) is 25.0 Å². The molecule has 0 amide bonds. The number of hydrogen-bond acceptors (Lipinski definition) is 7. The third-order valence-corrected chi connectivity index (χ3v) is 2.44. The second-order valence-electron chi connectivity index (χ2n) is 3.48. The van der Waals surface area contributed by atoms with Crippen LogP contribution in [0.3, 0.4) is 0 Å². The summed E-state index contributed by atoms with van der Waals surface area (Å²) in [5.74, 6) is -1.61. The van der Waals surface area contributed by atoms with Gasteiger partial charge in [-0.25, -0.2) is 0 Å². The normalized spacial score (nSPS) is 10.3. The first-order valence-electron chi connectivity index (χ1n) is 4.80. The molecule has 4 N–H and O–H groups in total. The number of nitrogens with one attached hydrogen (secondary N) is 2. The molecule has 0 aliphatic rings. The van der Waals surface area contributed by atoms with Crippen LogP contribution in [0.1, 0.15) is 0 Å². The molecular weight excluding hydrogens is 276 g/mol. The van der Waals surface area contributed by atoms with E-state index < -0.39 is 27.7 Å². The van der Waals surface area contributed by atoms with Gasteiger partial charge in [-0.05, 0) is 18.3 Å². The van der Waals surface area contributed by atoms with Crippen LogP contribution in [0, 0.1) is 14.9 Å². The van der Waals surface area contributed by atoms with E-state index in [1.54, 1.807) is 0 Å². The molecule has 1 aromatic carbocycles. The van der Waals surface area contributed by atoms with Gasteiger partial charge in [0.25, 0.3) is 5.56 Å². The van der Waals surface area contributed by atoms with Crippen LogP contribution in [-0.4, -0.2) is 30.3 Å². The van der Waals surface area contributed by atoms with E-state index in [9.17, 15) is 25.1 Å². The predicted octanol–water partition coefficient (Wildman–Crippen LogP) is 0.814. The van der Waals surface area contributed by atoms with Gasteiger partial charge in [0, 0.05) is 11.6 Å². The Morgan fingerprint density at radius 1 is 1.37 bits per heavy atom. The van der Waals surface area contributed by atoms with Crippen LogP contribution in [-0.2, 0) is 0 Å². The third-order valence-electron chi connectivity index (χ3n) is 2.25. The average Bonchev–Trinajstić information content (AvgIpc) is 2.32. The number of aromatic amines is 2. The summed E-state index contributed by atoms with van der Waals surface area (Å²) in [5, 5.41) is 35.4. The Labute approximate surface area is 109 Å². The van der Waals surface area contributed by atoms with E-state index in [1.165, 1.54) is 0 Å². The lowest BCUT2D eigenvalue weighted by atomic mass is 10.1. The summed E-state index contributed by atoms with van der Waals surface area (Å²) in [7, 11) is 0. The highest BCUT2D eigenvalue weighted by molar-refractivity contribution is 7.71. The smallest absolute Gasteiger partial charge is 0.315 e. The molecule has 2 rings (SSSR count). The molecule has 1 aromatic heterocycles. The van der Waals surface area contributed by atoms with E-state index in [4.69, 9.17) is 0 Å². The Balaban J connectivity index is 2.73. The van der Waals surface area contributed by atoms with Crippen molar-refractivity contribution in [2.45, 2.75) is 0 Å². The largest absolute Gasteiger partial charge is 0.504 e. The zero-order valence-corrected chi connectivity index (χ0v) is 9.89. The fourth-order valence-corrected chi connectivity index (χ4v) is 1.56. The highest BCUT2D eigenvalue weighted by atomic mass is 32.1. The molecule has 0 aliphatic heterocycles. The topological polar surface area (TPSA) is 145 Å². The van der Waals surface area contributed by atoms with Crippen LogP contribution in [0.2, 0.25) is 0 Å². The summed E-state index contributed by atoms with van der Waals surface area (Å²) in [6.45, 7) is 0. The van der Waals surface area contributed by atoms with Gasteiger partial charge in [0.15, 0.2) is 16.2 Å². The van der Waals surface area contributed by atoms with Crippen LogP contribution in [0.5, 0.6) is 11.5 Å². The zero-order valence-electron chi connectivity index (χ0n) is 9.08. The molecule has 9 nitrogen and oxygen atoms in total. The highest BCUT2D eigenvalue weighted by Gasteiger charge is 2.21. The number of aromatic hydroxyl groups is 2. The summed E-state index contributed by atoms with van der Waals surface area (Å²) in [6.07, 6.45) is 0. The summed E-state index contributed by atoms with van der Waals surface area (Å²) in [6, 6.07) is 1.90. The molecule has 0 bridgehead atoms. The van der Waals surface area contributed by atoms with E-state index in [1.807, 2.05) is 0 Å². The number of phenols is 2. The Morgan fingerprint density at radius 2 is 2.05 bits per heavy atom. The molecule has 0 atom stereocenters. The summed E-state index contributed by atoms with van der Waals surface area (Å²) in [5.41, 5.74) is -1.65. The quantitative estimate of drug-likeness (QED) is 0.276. The maximum Gasteiger partial charge on any atom is 0.315 e. The first-order chi connectivity index (χ1) is 8.90. The van der Waals surface area contributed by atoms with Crippen molar-refractivity contribution in [3.05, 3.63) is 37.4 Å². The van der Waals surface area contributed by atoms with Crippen molar-refractivity contribution in [2.24, 2.45) is 0 Å². The lowest BCUT2D eigenvalue weighted by molar-refractivity contribution is -0.385. The van der Waals surface area contributed by atoms with Crippen LogP contribution in [0.4, 0.5) is 5.69 Å². The van der Waals surface area contributed by atoms with Gasteiger partial charge in [-0.2, -0.15) is 5.10 Å². The van der Waals surface area contributed by atoms with Crippen molar-refractivity contribution in [2.75, 3.05) is 0 Å². The van der Waals surface area contributed by atoms with Crippen LogP contribution >= 0.6 is 12.2 Å². The number of nitrogens with zero attached hydrogens (tertiary/aromatic N) is 2. The number of phenolic OH excluding ortho intramolecular Hbond substituents is 2. The number of benzene rings is 1. The number of aromatic nitrogens is 3. The molecule has 0 spiro atoms. The van der Waals surface area contributed by atoms with E-state index >= 15 is 0 Å². The lowest BCUT2D eigenvalue weighted by Crippen LogP contribution is -2.13. The Hall–Kier alpha value is -2.75. The molecule has 19 heavy (non-hydrogen) atoms. The summed E-state index contributed by atoms with van der Waals surface area (Å²) in [4.78, 5) is 23.7. The number of nitro groups is 1. The minimum Gasteiger partial charge on any atom is -0.504 e. The second kappa shape index (κ2) is 4.49. The number of rotatable bonds is 2. The van der Waals surface area contributed by atoms with Gasteiger partial charge < -0.3 is 10.2 Å². The third kappa shape index (κ3) is 2.28. The molecular formula is C9H6N4O5S. The van der Waals surface area contributed by atoms with E-state index in [0.717, 1.165) is 12.1 Å². The molecule has 0 fully saturated rings. The van der Waals surface area contributed by atoms with Crippen molar-refractivity contribution in [3.63, 3.8) is 0 Å². The molecule has 0 saturated carbocycles. The summed E-state index contributed by atoms with van der Waals surface area (Å²) >= 11 is 4.65.